The average Bonchev–Trinajstić information content (AvgIpc) is 2.82. The highest BCUT2D eigenvalue weighted by Crippen LogP contribution is 2.42. The van der Waals surface area contributed by atoms with Gasteiger partial charge in [0.2, 0.25) is 11.8 Å². The maximum Gasteiger partial charge on any atom is 0.241 e. The number of anilines is 1. The van der Waals surface area contributed by atoms with Crippen molar-refractivity contribution in [3.63, 3.8) is 0 Å². The van der Waals surface area contributed by atoms with Crippen molar-refractivity contribution >= 4 is 40.9 Å². The van der Waals surface area contributed by atoms with Crippen LogP contribution < -0.4 is 10.2 Å². The van der Waals surface area contributed by atoms with Crippen molar-refractivity contribution in [2.75, 3.05) is 11.4 Å². The summed E-state index contributed by atoms with van der Waals surface area (Å²) >= 11 is 7.42. The summed E-state index contributed by atoms with van der Waals surface area (Å²) < 4.78 is 0. The zero-order valence-corrected chi connectivity index (χ0v) is 20.3. The van der Waals surface area contributed by atoms with E-state index < -0.39 is 11.2 Å². The molecule has 0 spiro atoms. The molecule has 0 unspecified atom stereocenters. The lowest BCUT2D eigenvalue weighted by Crippen LogP contribution is -2.47. The molecule has 6 heteroatoms. The summed E-state index contributed by atoms with van der Waals surface area (Å²) in [6, 6.07) is 23.7. The average molecular weight is 479 g/mol. The predicted octanol–water partition coefficient (Wildman–Crippen LogP) is 5.65. The first-order valence-corrected chi connectivity index (χ1v) is 12.3. The number of benzene rings is 3. The number of hydrogen-bond acceptors (Lipinski definition) is 3. The molecule has 3 aromatic carbocycles. The minimum absolute atomic E-state index is 0.0281. The standard InChI is InChI=1S/C27H27ClN2O2S/c1-18-7-9-21(10-8-18)17-30-23-5-3-4-6-24(23)33-25(27(30)32)19(2)26(31)29-16-15-20-11-13-22(28)14-12-20/h3-14,19,25H,15-17H2,1-2H3,(H,29,31)/t19-,25+/m0/s1. The minimum atomic E-state index is -0.471. The van der Waals surface area contributed by atoms with Crippen LogP contribution in [0.1, 0.15) is 23.6 Å². The summed E-state index contributed by atoms with van der Waals surface area (Å²) in [4.78, 5) is 29.3. The zero-order chi connectivity index (χ0) is 23.4. The van der Waals surface area contributed by atoms with Gasteiger partial charge in [-0.1, -0.05) is 72.6 Å². The van der Waals surface area contributed by atoms with Gasteiger partial charge in [0.1, 0.15) is 5.25 Å². The van der Waals surface area contributed by atoms with Crippen LogP contribution >= 0.6 is 23.4 Å². The van der Waals surface area contributed by atoms with Crippen molar-refractivity contribution in [3.8, 4) is 0 Å². The second kappa shape index (κ2) is 10.4. The molecule has 1 aliphatic heterocycles. The van der Waals surface area contributed by atoms with Crippen LogP contribution in [-0.2, 0) is 22.6 Å². The molecule has 0 aromatic heterocycles. The van der Waals surface area contributed by atoms with E-state index in [9.17, 15) is 9.59 Å². The van der Waals surface area contributed by atoms with Gasteiger partial charge in [-0.15, -0.1) is 11.8 Å². The Hall–Kier alpha value is -2.76. The Bertz CT molecular complexity index is 1130. The van der Waals surface area contributed by atoms with Crippen molar-refractivity contribution in [1.29, 1.82) is 0 Å². The van der Waals surface area contributed by atoms with Crippen LogP contribution in [0.4, 0.5) is 5.69 Å². The maximum absolute atomic E-state index is 13.5. The van der Waals surface area contributed by atoms with Crippen LogP contribution in [0.3, 0.4) is 0 Å². The number of thioether (sulfide) groups is 1. The molecule has 0 saturated heterocycles. The Labute approximate surface area is 204 Å². The fraction of sp³-hybridized carbons (Fsp3) is 0.259. The summed E-state index contributed by atoms with van der Waals surface area (Å²) in [5, 5.41) is 3.22. The second-order valence-electron chi connectivity index (χ2n) is 8.37. The molecule has 0 aliphatic carbocycles. The first kappa shape index (κ1) is 23.4. The highest BCUT2D eigenvalue weighted by molar-refractivity contribution is 8.01. The van der Waals surface area contributed by atoms with Crippen molar-refractivity contribution < 1.29 is 9.59 Å². The lowest BCUT2D eigenvalue weighted by Gasteiger charge is -2.35. The van der Waals surface area contributed by atoms with E-state index in [0.717, 1.165) is 21.7 Å². The summed E-state index contributed by atoms with van der Waals surface area (Å²) in [6.07, 6.45) is 0.712. The highest BCUT2D eigenvalue weighted by Gasteiger charge is 2.39. The Morgan fingerprint density at radius 1 is 1.03 bits per heavy atom. The molecule has 1 N–H and O–H groups in total. The molecule has 4 nitrogen and oxygen atoms in total. The van der Waals surface area contributed by atoms with E-state index in [1.54, 1.807) is 0 Å². The predicted molar refractivity (Wildman–Crippen MR) is 136 cm³/mol. The number of hydrogen-bond donors (Lipinski definition) is 1. The van der Waals surface area contributed by atoms with Gasteiger partial charge in [-0.05, 0) is 48.7 Å². The Balaban J connectivity index is 1.46. The van der Waals surface area contributed by atoms with E-state index in [2.05, 4.69) is 29.6 Å². The van der Waals surface area contributed by atoms with E-state index in [1.165, 1.54) is 17.3 Å². The van der Waals surface area contributed by atoms with Crippen molar-refractivity contribution in [1.82, 2.24) is 5.32 Å². The first-order chi connectivity index (χ1) is 15.9. The minimum Gasteiger partial charge on any atom is -0.355 e. The summed E-state index contributed by atoms with van der Waals surface area (Å²) in [5.41, 5.74) is 4.25. The normalized spacial score (nSPS) is 16.3. The van der Waals surface area contributed by atoms with Crippen molar-refractivity contribution in [2.24, 2.45) is 5.92 Å². The number of nitrogens with one attached hydrogen (secondary N) is 1. The highest BCUT2D eigenvalue weighted by atomic mass is 35.5. The number of amides is 2. The molecule has 4 rings (SSSR count). The van der Waals surface area contributed by atoms with Gasteiger partial charge in [-0.2, -0.15) is 0 Å². The fourth-order valence-electron chi connectivity index (χ4n) is 3.87. The number of para-hydroxylation sites is 1. The number of nitrogens with zero attached hydrogens (tertiary/aromatic N) is 1. The fourth-order valence-corrected chi connectivity index (χ4v) is 5.29. The van der Waals surface area contributed by atoms with Gasteiger partial charge in [-0.3, -0.25) is 9.59 Å². The number of fused-ring (bicyclic) bond motifs is 1. The number of halogens is 1. The Morgan fingerprint density at radius 2 is 1.70 bits per heavy atom. The quantitative estimate of drug-likeness (QED) is 0.477. The smallest absolute Gasteiger partial charge is 0.241 e. The molecule has 1 aliphatic rings. The van der Waals surface area contributed by atoms with E-state index in [-0.39, 0.29) is 11.8 Å². The Morgan fingerprint density at radius 3 is 2.42 bits per heavy atom. The number of rotatable bonds is 7. The van der Waals surface area contributed by atoms with Crippen LogP contribution in [0.2, 0.25) is 5.02 Å². The lowest BCUT2D eigenvalue weighted by molar-refractivity contribution is -0.128. The largest absolute Gasteiger partial charge is 0.355 e. The third-order valence-corrected chi connectivity index (χ3v) is 7.59. The van der Waals surface area contributed by atoms with E-state index in [0.29, 0.717) is 24.5 Å². The lowest BCUT2D eigenvalue weighted by atomic mass is 10.0. The molecule has 170 valence electrons. The van der Waals surface area contributed by atoms with Crippen molar-refractivity contribution in [3.05, 3.63) is 94.5 Å². The zero-order valence-electron chi connectivity index (χ0n) is 18.8. The summed E-state index contributed by atoms with van der Waals surface area (Å²) in [6.45, 7) is 4.88. The molecule has 0 bridgehead atoms. The van der Waals surface area contributed by atoms with Crippen LogP contribution in [-0.4, -0.2) is 23.6 Å². The van der Waals surface area contributed by atoms with Gasteiger partial charge >= 0.3 is 0 Å². The topological polar surface area (TPSA) is 49.4 Å². The number of carbonyl (C=O) groups is 2. The van der Waals surface area contributed by atoms with Crippen LogP contribution in [0.15, 0.2) is 77.7 Å². The molecule has 0 radical (unpaired) electrons. The molecular weight excluding hydrogens is 452 g/mol. The SMILES string of the molecule is Cc1ccc(CN2C(=O)[C@@H]([C@H](C)C(=O)NCCc3ccc(Cl)cc3)Sc3ccccc32)cc1. The molecule has 0 fully saturated rings. The monoisotopic (exact) mass is 478 g/mol. The maximum atomic E-state index is 13.5. The van der Waals surface area contributed by atoms with Crippen molar-refractivity contribution in [2.45, 2.75) is 37.0 Å². The first-order valence-electron chi connectivity index (χ1n) is 11.1. The number of aryl methyl sites for hydroxylation is 1. The summed E-state index contributed by atoms with van der Waals surface area (Å²) in [7, 11) is 0. The molecular formula is C27H27ClN2O2S. The van der Waals surface area contributed by atoms with E-state index >= 15 is 0 Å². The van der Waals surface area contributed by atoms with Crippen LogP contribution in [0.25, 0.3) is 0 Å². The van der Waals surface area contributed by atoms with E-state index in [4.69, 9.17) is 11.6 Å². The molecule has 3 aromatic rings. The Kier molecular flexibility index (Phi) is 7.41. The molecule has 0 saturated carbocycles. The van der Waals surface area contributed by atoms with Gasteiger partial charge in [-0.25, -0.2) is 0 Å². The van der Waals surface area contributed by atoms with E-state index in [1.807, 2.05) is 67.3 Å². The van der Waals surface area contributed by atoms with Gasteiger partial charge in [0.15, 0.2) is 0 Å². The van der Waals surface area contributed by atoms with Gasteiger partial charge in [0, 0.05) is 16.5 Å². The van der Waals surface area contributed by atoms with Gasteiger partial charge in [0.05, 0.1) is 18.2 Å². The number of carbonyl (C=O) groups excluding carboxylic acids is 2. The molecule has 2 amide bonds. The molecule has 1 heterocycles. The third-order valence-electron chi connectivity index (χ3n) is 5.87. The third kappa shape index (κ3) is 5.60. The summed E-state index contributed by atoms with van der Waals surface area (Å²) in [5.74, 6) is -0.592. The second-order valence-corrected chi connectivity index (χ2v) is 9.99. The van der Waals surface area contributed by atoms with Gasteiger partial charge in [0.25, 0.3) is 0 Å². The van der Waals surface area contributed by atoms with Crippen LogP contribution in [0, 0.1) is 12.8 Å². The van der Waals surface area contributed by atoms with Gasteiger partial charge < -0.3 is 10.2 Å². The molecule has 33 heavy (non-hydrogen) atoms. The van der Waals surface area contributed by atoms with Crippen LogP contribution in [0.5, 0.6) is 0 Å². The molecule has 2 atom stereocenters.